The summed E-state index contributed by atoms with van der Waals surface area (Å²) in [6.45, 7) is 7.32. The first-order valence-electron chi connectivity index (χ1n) is 5.09. The minimum atomic E-state index is 0.175. The molecule has 1 saturated carbocycles. The van der Waals surface area contributed by atoms with Gasteiger partial charge in [0, 0.05) is 25.1 Å². The lowest BCUT2D eigenvalue weighted by Crippen LogP contribution is -2.62. The number of methoxy groups -OCH3 is 1. The first-order chi connectivity index (χ1) is 6.52. The molecule has 0 aromatic carbocycles. The van der Waals surface area contributed by atoms with Crippen LogP contribution in [0.3, 0.4) is 0 Å². The van der Waals surface area contributed by atoms with Crippen molar-refractivity contribution in [1.82, 2.24) is 10.6 Å². The summed E-state index contributed by atoms with van der Waals surface area (Å²) >= 11 is 5.14. The van der Waals surface area contributed by atoms with Gasteiger partial charge in [0.15, 0.2) is 5.11 Å². The standard InChI is InChI=1S/C10H20N2OS/c1-5-11-9(14)12-7-6-8(13-4)10(7,2)3/h7-8H,5-6H2,1-4H3,(H2,11,12,14). The highest BCUT2D eigenvalue weighted by Crippen LogP contribution is 2.42. The van der Waals surface area contributed by atoms with E-state index in [4.69, 9.17) is 17.0 Å². The average molecular weight is 216 g/mol. The van der Waals surface area contributed by atoms with Crippen LogP contribution in [0.2, 0.25) is 0 Å². The highest BCUT2D eigenvalue weighted by Gasteiger charge is 2.48. The molecule has 4 heteroatoms. The SMILES string of the molecule is CCNC(=S)NC1CC(OC)C1(C)C. The molecule has 2 unspecified atom stereocenters. The maximum absolute atomic E-state index is 5.37. The zero-order chi connectivity index (χ0) is 10.8. The van der Waals surface area contributed by atoms with Crippen LogP contribution >= 0.6 is 12.2 Å². The normalized spacial score (nSPS) is 29.1. The molecule has 3 nitrogen and oxygen atoms in total. The van der Waals surface area contributed by atoms with E-state index in [1.165, 1.54) is 0 Å². The van der Waals surface area contributed by atoms with Gasteiger partial charge in [-0.15, -0.1) is 0 Å². The number of hydrogen-bond donors (Lipinski definition) is 2. The Balaban J connectivity index is 2.39. The van der Waals surface area contributed by atoms with Crippen molar-refractivity contribution in [3.63, 3.8) is 0 Å². The van der Waals surface area contributed by atoms with Gasteiger partial charge in [-0.25, -0.2) is 0 Å². The number of ether oxygens (including phenoxy) is 1. The van der Waals surface area contributed by atoms with Gasteiger partial charge in [-0.05, 0) is 25.6 Å². The molecular weight excluding hydrogens is 196 g/mol. The molecule has 1 rings (SSSR count). The quantitative estimate of drug-likeness (QED) is 0.696. The predicted molar refractivity (Wildman–Crippen MR) is 62.4 cm³/mol. The van der Waals surface area contributed by atoms with Crippen molar-refractivity contribution in [2.75, 3.05) is 13.7 Å². The lowest BCUT2D eigenvalue weighted by Gasteiger charge is -2.51. The van der Waals surface area contributed by atoms with Crippen molar-refractivity contribution in [2.45, 2.75) is 39.3 Å². The summed E-state index contributed by atoms with van der Waals surface area (Å²) in [5.74, 6) is 0. The van der Waals surface area contributed by atoms with Crippen molar-refractivity contribution in [2.24, 2.45) is 5.41 Å². The largest absolute Gasteiger partial charge is 0.381 e. The van der Waals surface area contributed by atoms with Crippen LogP contribution in [-0.4, -0.2) is 30.9 Å². The molecular formula is C10H20N2OS. The molecule has 0 spiro atoms. The summed E-state index contributed by atoms with van der Waals surface area (Å²) in [5, 5.41) is 7.16. The van der Waals surface area contributed by atoms with Gasteiger partial charge < -0.3 is 15.4 Å². The Morgan fingerprint density at radius 3 is 2.64 bits per heavy atom. The Morgan fingerprint density at radius 1 is 1.57 bits per heavy atom. The Morgan fingerprint density at radius 2 is 2.21 bits per heavy atom. The van der Waals surface area contributed by atoms with E-state index in [1.54, 1.807) is 7.11 Å². The zero-order valence-electron chi connectivity index (χ0n) is 9.39. The lowest BCUT2D eigenvalue weighted by molar-refractivity contribution is -0.0920. The van der Waals surface area contributed by atoms with Crippen LogP contribution in [0, 0.1) is 5.41 Å². The van der Waals surface area contributed by atoms with Gasteiger partial charge in [0.25, 0.3) is 0 Å². The van der Waals surface area contributed by atoms with Gasteiger partial charge in [-0.3, -0.25) is 0 Å². The van der Waals surface area contributed by atoms with Gasteiger partial charge in [-0.1, -0.05) is 13.8 Å². The summed E-state index contributed by atoms with van der Waals surface area (Å²) in [7, 11) is 1.77. The third kappa shape index (κ3) is 2.17. The number of hydrogen-bond acceptors (Lipinski definition) is 2. The third-order valence-corrected chi connectivity index (χ3v) is 3.37. The van der Waals surface area contributed by atoms with Crippen LogP contribution in [0.5, 0.6) is 0 Å². The fourth-order valence-electron chi connectivity index (χ4n) is 1.90. The molecule has 14 heavy (non-hydrogen) atoms. The van der Waals surface area contributed by atoms with E-state index in [9.17, 15) is 0 Å². The Hall–Kier alpha value is -0.350. The second-order valence-electron chi connectivity index (χ2n) is 4.34. The van der Waals surface area contributed by atoms with Crippen LogP contribution in [0.1, 0.15) is 27.2 Å². The Bertz CT molecular complexity index is 218. The summed E-state index contributed by atoms with van der Waals surface area (Å²) in [6.07, 6.45) is 1.39. The fourth-order valence-corrected chi connectivity index (χ4v) is 2.19. The maximum atomic E-state index is 5.37. The van der Waals surface area contributed by atoms with E-state index in [2.05, 4.69) is 24.5 Å². The molecule has 0 aromatic rings. The van der Waals surface area contributed by atoms with E-state index in [-0.39, 0.29) is 5.41 Å². The van der Waals surface area contributed by atoms with Gasteiger partial charge in [0.2, 0.25) is 0 Å². The average Bonchev–Trinajstić information content (AvgIpc) is 2.12. The molecule has 0 saturated heterocycles. The lowest BCUT2D eigenvalue weighted by atomic mass is 9.64. The van der Waals surface area contributed by atoms with Crippen LogP contribution in [0.15, 0.2) is 0 Å². The van der Waals surface area contributed by atoms with Crippen molar-refractivity contribution in [3.8, 4) is 0 Å². The smallest absolute Gasteiger partial charge is 0.166 e. The monoisotopic (exact) mass is 216 g/mol. The molecule has 0 aliphatic heterocycles. The minimum Gasteiger partial charge on any atom is -0.381 e. The van der Waals surface area contributed by atoms with Gasteiger partial charge >= 0.3 is 0 Å². The Kier molecular flexibility index (Phi) is 3.72. The van der Waals surface area contributed by atoms with E-state index < -0.39 is 0 Å². The number of rotatable bonds is 3. The fraction of sp³-hybridized carbons (Fsp3) is 0.900. The van der Waals surface area contributed by atoms with Crippen molar-refractivity contribution < 1.29 is 4.74 Å². The molecule has 1 aliphatic rings. The van der Waals surface area contributed by atoms with Crippen LogP contribution in [-0.2, 0) is 4.74 Å². The van der Waals surface area contributed by atoms with Crippen molar-refractivity contribution in [1.29, 1.82) is 0 Å². The van der Waals surface area contributed by atoms with Crippen LogP contribution < -0.4 is 10.6 Å². The third-order valence-electron chi connectivity index (χ3n) is 3.10. The van der Waals surface area contributed by atoms with Crippen molar-refractivity contribution >= 4 is 17.3 Å². The molecule has 1 fully saturated rings. The van der Waals surface area contributed by atoms with E-state index in [0.29, 0.717) is 12.1 Å². The molecule has 0 radical (unpaired) electrons. The first kappa shape index (κ1) is 11.7. The molecule has 0 bridgehead atoms. The molecule has 2 atom stereocenters. The molecule has 1 aliphatic carbocycles. The highest BCUT2D eigenvalue weighted by atomic mass is 32.1. The Labute approximate surface area is 91.6 Å². The molecule has 0 heterocycles. The van der Waals surface area contributed by atoms with E-state index in [1.807, 2.05) is 6.92 Å². The summed E-state index contributed by atoms with van der Waals surface area (Å²) in [5.41, 5.74) is 0.175. The first-order valence-corrected chi connectivity index (χ1v) is 5.50. The summed E-state index contributed by atoms with van der Waals surface area (Å²) in [4.78, 5) is 0. The maximum Gasteiger partial charge on any atom is 0.166 e. The second-order valence-corrected chi connectivity index (χ2v) is 4.75. The van der Waals surface area contributed by atoms with E-state index >= 15 is 0 Å². The molecule has 0 amide bonds. The summed E-state index contributed by atoms with van der Waals surface area (Å²) < 4.78 is 5.37. The molecule has 2 N–H and O–H groups in total. The predicted octanol–water partition coefficient (Wildman–Crippen LogP) is 1.28. The highest BCUT2D eigenvalue weighted by molar-refractivity contribution is 7.80. The summed E-state index contributed by atoms with van der Waals surface area (Å²) in [6, 6.07) is 0.430. The van der Waals surface area contributed by atoms with Crippen molar-refractivity contribution in [3.05, 3.63) is 0 Å². The second kappa shape index (κ2) is 4.45. The zero-order valence-corrected chi connectivity index (χ0v) is 10.2. The van der Waals surface area contributed by atoms with Gasteiger partial charge in [0.1, 0.15) is 0 Å². The molecule has 82 valence electrons. The number of thiocarbonyl (C=S) groups is 1. The number of nitrogens with one attached hydrogen (secondary N) is 2. The van der Waals surface area contributed by atoms with Crippen LogP contribution in [0.25, 0.3) is 0 Å². The van der Waals surface area contributed by atoms with Gasteiger partial charge in [-0.2, -0.15) is 0 Å². The van der Waals surface area contributed by atoms with Gasteiger partial charge in [0.05, 0.1) is 6.10 Å². The van der Waals surface area contributed by atoms with E-state index in [0.717, 1.165) is 18.1 Å². The molecule has 0 aromatic heterocycles. The van der Waals surface area contributed by atoms with Crippen LogP contribution in [0.4, 0.5) is 0 Å². The topological polar surface area (TPSA) is 33.3 Å². The minimum absolute atomic E-state index is 0.175.